The number of terminal acetylenes is 1. The molecule has 1 aromatic carbocycles. The molecular weight excluding hydrogens is 916 g/mol. The SMILES string of the molecule is C#CCOCCOCCOCCOCCN(C)C(=O)CCCC(=O)N(C)[C@@H](C)C(=O)O[C@H]1CC(=O)N(C)c2cc(cc(CO)c2Cl)C/C(C)=C\C=C\[C@@H](OC)[C@@]2(O)C[C@H](OC(=C)N2)[C@@H](C)[C@@H]2O[C@@]12C. The van der Waals surface area contributed by atoms with Gasteiger partial charge in [0.1, 0.15) is 36.6 Å². The van der Waals surface area contributed by atoms with Crippen LogP contribution in [0.2, 0.25) is 5.02 Å². The molecule has 2 saturated heterocycles. The Morgan fingerprint density at radius 2 is 1.71 bits per heavy atom. The van der Waals surface area contributed by atoms with E-state index >= 15 is 0 Å². The summed E-state index contributed by atoms with van der Waals surface area (Å²) in [5.41, 5.74) is -0.358. The van der Waals surface area contributed by atoms with Gasteiger partial charge in [-0.3, -0.25) is 14.4 Å². The van der Waals surface area contributed by atoms with Crippen molar-refractivity contribution in [3.8, 4) is 12.3 Å². The van der Waals surface area contributed by atoms with Crippen molar-refractivity contribution in [1.82, 2.24) is 15.1 Å². The molecule has 19 heteroatoms. The van der Waals surface area contributed by atoms with Crippen molar-refractivity contribution in [3.05, 3.63) is 64.5 Å². The first-order valence-corrected chi connectivity index (χ1v) is 23.7. The normalized spacial score (nSPS) is 26.6. The summed E-state index contributed by atoms with van der Waals surface area (Å²) in [6, 6.07) is 2.47. The lowest BCUT2D eigenvalue weighted by Crippen LogP contribution is -2.60. The number of fused-ring (bicyclic) bond motifs is 5. The topological polar surface area (TPSA) is 208 Å². The summed E-state index contributed by atoms with van der Waals surface area (Å²) in [6.45, 7) is 14.0. The predicted molar refractivity (Wildman–Crippen MR) is 258 cm³/mol. The molecule has 3 amide bonds. The minimum atomic E-state index is -1.63. The Morgan fingerprint density at radius 1 is 1.07 bits per heavy atom. The smallest absolute Gasteiger partial charge is 0.328 e. The van der Waals surface area contributed by atoms with Crippen molar-refractivity contribution in [2.45, 2.75) is 115 Å². The molecule has 384 valence electrons. The lowest BCUT2D eigenvalue weighted by atomic mass is 9.83. The molecule has 3 heterocycles. The molecule has 1 aromatic rings. The monoisotopic (exact) mass is 988 g/mol. The Hall–Kier alpha value is -4.55. The number of esters is 1. The second-order valence-electron chi connectivity index (χ2n) is 17.9. The van der Waals surface area contributed by atoms with Crippen LogP contribution in [0.5, 0.6) is 0 Å². The van der Waals surface area contributed by atoms with Crippen LogP contribution in [0, 0.1) is 18.3 Å². The molecule has 0 radical (unpaired) electrons. The van der Waals surface area contributed by atoms with Gasteiger partial charge in [0, 0.05) is 60.0 Å². The highest BCUT2D eigenvalue weighted by atomic mass is 35.5. The zero-order valence-corrected chi connectivity index (χ0v) is 42.2. The molecule has 18 nitrogen and oxygen atoms in total. The number of carbonyl (C=O) groups is 4. The average Bonchev–Trinajstić information content (AvgIpc) is 4.01. The van der Waals surface area contributed by atoms with Crippen LogP contribution in [0.1, 0.15) is 70.9 Å². The molecule has 3 aliphatic rings. The number of benzene rings is 1. The number of likely N-dealkylation sites (N-methyl/N-ethyl adjacent to an activating group) is 2. The van der Waals surface area contributed by atoms with E-state index in [0.29, 0.717) is 70.5 Å². The van der Waals surface area contributed by atoms with Gasteiger partial charge in [0.15, 0.2) is 11.6 Å². The Bertz CT molecular complexity index is 2030. The maximum absolute atomic E-state index is 14.3. The first-order chi connectivity index (χ1) is 32.8. The quantitative estimate of drug-likeness (QED) is 0.0656. The first kappa shape index (κ1) is 57.0. The number of halogens is 1. The molecule has 4 rings (SSSR count). The largest absolute Gasteiger partial charge is 0.476 e. The van der Waals surface area contributed by atoms with Crippen molar-refractivity contribution in [2.75, 3.05) is 92.6 Å². The Kier molecular flexibility index (Phi) is 22.5. The molecule has 3 aliphatic heterocycles. The number of nitrogens with zero attached hydrogens (tertiary/aromatic N) is 3. The molecule has 4 bridgehead atoms. The van der Waals surface area contributed by atoms with Crippen molar-refractivity contribution < 1.29 is 67.3 Å². The molecule has 0 aliphatic carbocycles. The van der Waals surface area contributed by atoms with Crippen molar-refractivity contribution in [3.63, 3.8) is 0 Å². The van der Waals surface area contributed by atoms with E-state index in [1.165, 1.54) is 35.8 Å². The van der Waals surface area contributed by atoms with E-state index in [9.17, 15) is 29.4 Å². The van der Waals surface area contributed by atoms with E-state index in [4.69, 9.17) is 55.9 Å². The van der Waals surface area contributed by atoms with Crippen LogP contribution < -0.4 is 10.2 Å². The zero-order chi connectivity index (χ0) is 50.9. The molecule has 8 atom stereocenters. The van der Waals surface area contributed by atoms with Crippen LogP contribution >= 0.6 is 11.6 Å². The highest BCUT2D eigenvalue weighted by molar-refractivity contribution is 6.34. The third-order valence-corrected chi connectivity index (χ3v) is 13.2. The summed E-state index contributed by atoms with van der Waals surface area (Å²) in [5, 5.41) is 25.4. The highest BCUT2D eigenvalue weighted by Crippen LogP contribution is 2.49. The molecular formula is C50H73ClN4O14. The van der Waals surface area contributed by atoms with Gasteiger partial charge in [0.05, 0.1) is 76.1 Å². The van der Waals surface area contributed by atoms with Crippen LogP contribution in [0.15, 0.2) is 48.4 Å². The number of anilines is 1. The third kappa shape index (κ3) is 16.2. The summed E-state index contributed by atoms with van der Waals surface area (Å²) in [6.07, 6.45) is 7.80. The third-order valence-electron chi connectivity index (χ3n) is 12.7. The van der Waals surface area contributed by atoms with Crippen LogP contribution in [0.3, 0.4) is 0 Å². The lowest BCUT2D eigenvalue weighted by Gasteiger charge is -2.44. The molecule has 0 unspecified atom stereocenters. The second-order valence-corrected chi connectivity index (χ2v) is 18.3. The number of aliphatic hydroxyl groups is 2. The number of ether oxygens (including phenoxy) is 8. The molecule has 0 spiro atoms. The number of amides is 3. The maximum Gasteiger partial charge on any atom is 0.328 e. The van der Waals surface area contributed by atoms with Gasteiger partial charge < -0.3 is 68.1 Å². The van der Waals surface area contributed by atoms with E-state index in [1.54, 1.807) is 45.3 Å². The standard InChI is InChI=1S/C50H73ClN4O14/c1-11-19-63-21-23-65-25-26-66-24-22-64-20-18-53(7)43(57)16-13-17-44(58)54(8)35(4)48(60)68-42-30-45(59)55(9)39-29-37(28-38(32-56)46(39)51)27-33(2)14-12-15-41(62-10)50(61)31-40(67-36(5)52-50)34(3)47-49(42,6)69-47/h1,12,14-15,28-29,34-35,40-42,47,52,56,61H,5,13,16-27,30-32H2,2-4,6-10H3/b15-12+,33-14-/t34-,35+,40+,41-,42+,47+,49+,50+/m1/s1. The van der Waals surface area contributed by atoms with E-state index in [2.05, 4.69) is 17.8 Å². The van der Waals surface area contributed by atoms with Gasteiger partial charge in [-0.1, -0.05) is 54.3 Å². The number of hydrogen-bond donors (Lipinski definition) is 3. The summed E-state index contributed by atoms with van der Waals surface area (Å²) in [7, 11) is 6.19. The molecule has 2 fully saturated rings. The number of allylic oxidation sites excluding steroid dienone is 3. The summed E-state index contributed by atoms with van der Waals surface area (Å²) < 4.78 is 46.0. The number of methoxy groups -OCH3 is 1. The number of nitrogens with one attached hydrogen (secondary N) is 1. The van der Waals surface area contributed by atoms with E-state index in [-0.39, 0.29) is 68.0 Å². The fourth-order valence-corrected chi connectivity index (χ4v) is 8.56. The number of hydrogen-bond acceptors (Lipinski definition) is 15. The number of rotatable bonds is 22. The molecule has 69 heavy (non-hydrogen) atoms. The van der Waals surface area contributed by atoms with Gasteiger partial charge in [-0.25, -0.2) is 4.79 Å². The van der Waals surface area contributed by atoms with Gasteiger partial charge in [-0.2, -0.15) is 0 Å². The first-order valence-electron chi connectivity index (χ1n) is 23.3. The Morgan fingerprint density at radius 3 is 2.35 bits per heavy atom. The Labute approximate surface area is 412 Å². The zero-order valence-electron chi connectivity index (χ0n) is 41.5. The lowest BCUT2D eigenvalue weighted by molar-refractivity contribution is -0.162. The van der Waals surface area contributed by atoms with Gasteiger partial charge in [-0.05, 0) is 57.4 Å². The minimum absolute atomic E-state index is 0.00508. The minimum Gasteiger partial charge on any atom is -0.476 e. The van der Waals surface area contributed by atoms with Gasteiger partial charge in [0.2, 0.25) is 17.7 Å². The van der Waals surface area contributed by atoms with Crippen LogP contribution in [-0.2, 0) is 70.1 Å². The van der Waals surface area contributed by atoms with Crippen molar-refractivity contribution in [2.24, 2.45) is 5.92 Å². The fourth-order valence-electron chi connectivity index (χ4n) is 8.26. The maximum atomic E-state index is 14.3. The van der Waals surface area contributed by atoms with Crippen LogP contribution in [0.4, 0.5) is 5.69 Å². The summed E-state index contributed by atoms with van der Waals surface area (Å²) >= 11 is 6.79. The molecule has 0 saturated carbocycles. The second kappa shape index (κ2) is 27.2. The molecule has 0 aromatic heterocycles. The van der Waals surface area contributed by atoms with E-state index in [0.717, 1.165) is 11.1 Å². The van der Waals surface area contributed by atoms with E-state index in [1.807, 2.05) is 19.9 Å². The molecule has 3 N–H and O–H groups in total. The van der Waals surface area contributed by atoms with Gasteiger partial charge >= 0.3 is 5.97 Å². The number of epoxide rings is 1. The van der Waals surface area contributed by atoms with Gasteiger partial charge in [0.25, 0.3) is 0 Å². The van der Waals surface area contributed by atoms with E-state index < -0.39 is 59.6 Å². The fraction of sp³-hybridized carbons (Fsp3) is 0.640. The van der Waals surface area contributed by atoms with Crippen LogP contribution in [-0.4, -0.2) is 173 Å². The van der Waals surface area contributed by atoms with Crippen LogP contribution in [0.25, 0.3) is 0 Å². The summed E-state index contributed by atoms with van der Waals surface area (Å²) in [4.78, 5) is 58.7. The number of carbonyl (C=O) groups excluding carboxylic acids is 4. The average molecular weight is 990 g/mol. The van der Waals surface area contributed by atoms with Crippen molar-refractivity contribution in [1.29, 1.82) is 0 Å². The number of aliphatic hydroxyl groups excluding tert-OH is 1. The predicted octanol–water partition coefficient (Wildman–Crippen LogP) is 3.68. The Balaban J connectivity index is 1.40. The van der Waals surface area contributed by atoms with Gasteiger partial charge in [-0.15, -0.1) is 6.42 Å². The summed E-state index contributed by atoms with van der Waals surface area (Å²) in [5.74, 6) is 0.316. The highest BCUT2D eigenvalue weighted by Gasteiger charge is 2.64. The van der Waals surface area contributed by atoms with Crippen molar-refractivity contribution >= 4 is 41.0 Å².